The molecule has 0 bridgehead atoms. The van der Waals surface area contributed by atoms with Crippen molar-refractivity contribution in [1.82, 2.24) is 4.57 Å². The Morgan fingerprint density at radius 2 is 1.93 bits per heavy atom. The second kappa shape index (κ2) is 7.84. The summed E-state index contributed by atoms with van der Waals surface area (Å²) in [5.41, 5.74) is 1.68. The number of benzene rings is 1. The molecule has 28 heavy (non-hydrogen) atoms. The maximum absolute atomic E-state index is 12.6. The molecule has 1 amide bonds. The van der Waals surface area contributed by atoms with Crippen LogP contribution in [0.1, 0.15) is 34.2 Å². The maximum atomic E-state index is 12.6. The Labute approximate surface area is 162 Å². The average Bonchev–Trinajstić information content (AvgIpc) is 3.28. The first kappa shape index (κ1) is 19.0. The zero-order chi connectivity index (χ0) is 20.3. The number of anilines is 1. The number of aryl methyl sites for hydroxylation is 2. The van der Waals surface area contributed by atoms with Crippen molar-refractivity contribution in [3.8, 4) is 12.0 Å². The summed E-state index contributed by atoms with van der Waals surface area (Å²) in [5, 5.41) is 12.2. The highest BCUT2D eigenvalue weighted by molar-refractivity contribution is 5.99. The van der Waals surface area contributed by atoms with E-state index < -0.39 is 18.0 Å². The van der Waals surface area contributed by atoms with Gasteiger partial charge in [0, 0.05) is 18.1 Å². The van der Waals surface area contributed by atoms with Crippen LogP contribution in [-0.2, 0) is 9.53 Å². The monoisotopic (exact) mass is 377 g/mol. The first-order valence-electron chi connectivity index (χ1n) is 8.66. The van der Waals surface area contributed by atoms with Gasteiger partial charge in [-0.05, 0) is 50.6 Å². The molecule has 1 aromatic carbocycles. The molecule has 7 heteroatoms. The molecular weight excluding hydrogens is 358 g/mol. The van der Waals surface area contributed by atoms with E-state index in [1.54, 1.807) is 42.1 Å². The summed E-state index contributed by atoms with van der Waals surface area (Å²) >= 11 is 0. The number of nitrogens with zero attached hydrogens (tertiary/aromatic N) is 2. The van der Waals surface area contributed by atoms with Crippen molar-refractivity contribution < 1.29 is 18.7 Å². The summed E-state index contributed by atoms with van der Waals surface area (Å²) < 4.78 is 12.5. The van der Waals surface area contributed by atoms with E-state index in [0.29, 0.717) is 5.69 Å². The van der Waals surface area contributed by atoms with E-state index >= 15 is 0 Å². The normalized spacial score (nSPS) is 11.5. The van der Waals surface area contributed by atoms with E-state index in [-0.39, 0.29) is 22.8 Å². The van der Waals surface area contributed by atoms with Crippen molar-refractivity contribution >= 4 is 17.6 Å². The minimum Gasteiger partial charge on any atom is -0.449 e. The van der Waals surface area contributed by atoms with Crippen molar-refractivity contribution in [3.05, 3.63) is 71.2 Å². The summed E-state index contributed by atoms with van der Waals surface area (Å²) in [6.45, 7) is 4.95. The highest BCUT2D eigenvalue weighted by Crippen LogP contribution is 2.26. The lowest BCUT2D eigenvalue weighted by molar-refractivity contribution is -0.123. The Kier molecular flexibility index (Phi) is 5.32. The molecule has 7 nitrogen and oxygen atoms in total. The number of aromatic nitrogens is 1. The maximum Gasteiger partial charge on any atom is 0.343 e. The van der Waals surface area contributed by atoms with Crippen LogP contribution in [0.2, 0.25) is 0 Å². The summed E-state index contributed by atoms with van der Waals surface area (Å²) in [4.78, 5) is 25.0. The number of amides is 1. The van der Waals surface area contributed by atoms with Crippen molar-refractivity contribution in [1.29, 1.82) is 5.26 Å². The molecule has 0 fully saturated rings. The van der Waals surface area contributed by atoms with Crippen molar-refractivity contribution in [2.75, 3.05) is 5.32 Å². The zero-order valence-corrected chi connectivity index (χ0v) is 15.7. The summed E-state index contributed by atoms with van der Waals surface area (Å²) in [5.74, 6) is -0.780. The fourth-order valence-electron chi connectivity index (χ4n) is 2.77. The third-order valence-corrected chi connectivity index (χ3v) is 4.16. The molecule has 0 spiro atoms. The van der Waals surface area contributed by atoms with Gasteiger partial charge in [0.15, 0.2) is 6.10 Å². The number of furan rings is 1. The van der Waals surface area contributed by atoms with E-state index in [4.69, 9.17) is 9.15 Å². The van der Waals surface area contributed by atoms with Crippen molar-refractivity contribution in [3.63, 3.8) is 0 Å². The molecular formula is C21H19N3O4. The van der Waals surface area contributed by atoms with Gasteiger partial charge in [-0.2, -0.15) is 5.26 Å². The molecule has 2 aromatic heterocycles. The van der Waals surface area contributed by atoms with Crippen LogP contribution < -0.4 is 5.32 Å². The Bertz CT molecular complexity index is 1060. The van der Waals surface area contributed by atoms with Gasteiger partial charge in [-0.3, -0.25) is 9.36 Å². The van der Waals surface area contributed by atoms with Gasteiger partial charge in [0.25, 0.3) is 5.91 Å². The molecule has 0 saturated carbocycles. The van der Waals surface area contributed by atoms with Crippen LogP contribution >= 0.6 is 0 Å². The first-order chi connectivity index (χ1) is 13.4. The molecule has 0 aliphatic heterocycles. The fourth-order valence-corrected chi connectivity index (χ4v) is 2.77. The Morgan fingerprint density at radius 1 is 1.21 bits per heavy atom. The lowest BCUT2D eigenvalue weighted by Crippen LogP contribution is -2.30. The van der Waals surface area contributed by atoms with Gasteiger partial charge in [-0.25, -0.2) is 4.79 Å². The summed E-state index contributed by atoms with van der Waals surface area (Å²) in [6.07, 6.45) is 2.35. The van der Waals surface area contributed by atoms with Crippen LogP contribution in [0, 0.1) is 25.2 Å². The number of hydrogen-bond donors (Lipinski definition) is 1. The number of nitriles is 1. The van der Waals surface area contributed by atoms with Gasteiger partial charge in [0.2, 0.25) is 5.88 Å². The molecule has 0 radical (unpaired) electrons. The first-order valence-corrected chi connectivity index (χ1v) is 8.66. The molecule has 0 saturated heterocycles. The highest BCUT2D eigenvalue weighted by atomic mass is 16.5. The van der Waals surface area contributed by atoms with Crippen LogP contribution in [0.5, 0.6) is 0 Å². The van der Waals surface area contributed by atoms with Gasteiger partial charge < -0.3 is 14.5 Å². The second-order valence-electron chi connectivity index (χ2n) is 6.32. The number of carbonyl (C=O) groups excluding carboxylic acids is 2. The predicted molar refractivity (Wildman–Crippen MR) is 102 cm³/mol. The van der Waals surface area contributed by atoms with Crippen molar-refractivity contribution in [2.45, 2.75) is 26.9 Å². The SMILES string of the molecule is Cc1cccc(NC(=O)[C@H](C)OC(=O)c2c(C)oc(-n3cccc3)c2C#N)c1. The van der Waals surface area contributed by atoms with Gasteiger partial charge in [-0.15, -0.1) is 0 Å². The molecule has 1 N–H and O–H groups in total. The van der Waals surface area contributed by atoms with E-state index in [1.165, 1.54) is 6.92 Å². The van der Waals surface area contributed by atoms with Gasteiger partial charge >= 0.3 is 5.97 Å². The molecule has 142 valence electrons. The van der Waals surface area contributed by atoms with E-state index in [0.717, 1.165) is 5.56 Å². The van der Waals surface area contributed by atoms with Crippen LogP contribution in [0.25, 0.3) is 5.88 Å². The second-order valence-corrected chi connectivity index (χ2v) is 6.32. The number of carbonyl (C=O) groups is 2. The van der Waals surface area contributed by atoms with E-state index in [1.807, 2.05) is 31.2 Å². The quantitative estimate of drug-likeness (QED) is 0.683. The number of rotatable bonds is 5. The minimum absolute atomic E-state index is 0.0152. The predicted octanol–water partition coefficient (Wildman–Crippen LogP) is 3.74. The number of nitrogens with one attached hydrogen (secondary N) is 1. The topological polar surface area (TPSA) is 97.3 Å². The molecule has 3 rings (SSSR count). The van der Waals surface area contributed by atoms with Crippen LogP contribution in [0.15, 0.2) is 53.2 Å². The number of ether oxygens (including phenoxy) is 1. The summed E-state index contributed by atoms with van der Waals surface area (Å²) in [6, 6.07) is 12.8. The summed E-state index contributed by atoms with van der Waals surface area (Å²) in [7, 11) is 0. The Morgan fingerprint density at radius 3 is 2.57 bits per heavy atom. The fraction of sp³-hybridized carbons (Fsp3) is 0.190. The molecule has 2 heterocycles. The molecule has 0 unspecified atom stereocenters. The zero-order valence-electron chi connectivity index (χ0n) is 15.7. The molecule has 1 atom stereocenters. The lowest BCUT2D eigenvalue weighted by atomic mass is 10.1. The average molecular weight is 377 g/mol. The van der Waals surface area contributed by atoms with E-state index in [9.17, 15) is 14.9 Å². The Balaban J connectivity index is 1.77. The minimum atomic E-state index is -1.05. The number of hydrogen-bond acceptors (Lipinski definition) is 5. The Hall–Kier alpha value is -3.79. The van der Waals surface area contributed by atoms with Gasteiger partial charge in [-0.1, -0.05) is 12.1 Å². The smallest absolute Gasteiger partial charge is 0.343 e. The highest BCUT2D eigenvalue weighted by Gasteiger charge is 2.28. The molecule has 0 aliphatic carbocycles. The third kappa shape index (κ3) is 3.81. The third-order valence-electron chi connectivity index (χ3n) is 4.16. The van der Waals surface area contributed by atoms with Crippen molar-refractivity contribution in [2.24, 2.45) is 0 Å². The van der Waals surface area contributed by atoms with Crippen LogP contribution in [0.4, 0.5) is 5.69 Å². The van der Waals surface area contributed by atoms with Crippen LogP contribution in [0.3, 0.4) is 0 Å². The molecule has 3 aromatic rings. The van der Waals surface area contributed by atoms with Crippen LogP contribution in [-0.4, -0.2) is 22.5 Å². The van der Waals surface area contributed by atoms with E-state index in [2.05, 4.69) is 5.32 Å². The standard InChI is InChI=1S/C21H19N3O4/c1-13-7-6-8-16(11-13)23-19(25)15(3)28-21(26)18-14(2)27-20(17(18)12-22)24-9-4-5-10-24/h4-11,15H,1-3H3,(H,23,25)/t15-/m0/s1. The van der Waals surface area contributed by atoms with Gasteiger partial charge in [0.1, 0.15) is 23.0 Å². The lowest BCUT2D eigenvalue weighted by Gasteiger charge is -2.13. The molecule has 0 aliphatic rings. The largest absolute Gasteiger partial charge is 0.449 e. The number of esters is 1. The van der Waals surface area contributed by atoms with Gasteiger partial charge in [0.05, 0.1) is 0 Å².